The summed E-state index contributed by atoms with van der Waals surface area (Å²) in [6.07, 6.45) is -3.54. The van der Waals surface area contributed by atoms with Crippen LogP contribution in [0.25, 0.3) is 0 Å². The van der Waals surface area contributed by atoms with Gasteiger partial charge < -0.3 is 14.3 Å². The van der Waals surface area contributed by atoms with Crippen LogP contribution >= 0.6 is 0 Å². The first-order valence-corrected chi connectivity index (χ1v) is 5.29. The molecular weight excluding hydrogens is 225 g/mol. The van der Waals surface area contributed by atoms with Crippen LogP contribution in [0.1, 0.15) is 25.7 Å². The summed E-state index contributed by atoms with van der Waals surface area (Å²) < 4.78 is 47.3. The molecule has 0 aromatic rings. The smallest absolute Gasteiger partial charge is 0.347 e. The van der Waals surface area contributed by atoms with Crippen LogP contribution in [0, 0.1) is 5.92 Å². The normalized spacial score (nSPS) is 40.2. The first-order chi connectivity index (χ1) is 7.45. The Kier molecular flexibility index (Phi) is 2.96. The molecule has 0 bridgehead atoms. The van der Waals surface area contributed by atoms with E-state index in [1.807, 2.05) is 0 Å². The molecule has 2 fully saturated rings. The molecule has 0 radical (unpaired) electrons. The summed E-state index contributed by atoms with van der Waals surface area (Å²) >= 11 is 0. The van der Waals surface area contributed by atoms with Crippen LogP contribution in [0.15, 0.2) is 0 Å². The molecule has 0 amide bonds. The Morgan fingerprint density at radius 2 is 1.88 bits per heavy atom. The zero-order valence-corrected chi connectivity index (χ0v) is 8.63. The molecule has 1 unspecified atom stereocenters. The monoisotopic (exact) mass is 238 g/mol. The molecule has 1 spiro atoms. The minimum absolute atomic E-state index is 0.0669. The van der Waals surface area contributed by atoms with E-state index >= 15 is 0 Å². The molecule has 0 aromatic heterocycles. The van der Waals surface area contributed by atoms with Gasteiger partial charge in [0.1, 0.15) is 6.29 Å². The summed E-state index contributed by atoms with van der Waals surface area (Å²) in [6, 6.07) is 0. The van der Waals surface area contributed by atoms with Crippen LogP contribution in [0.2, 0.25) is 0 Å². The summed E-state index contributed by atoms with van der Waals surface area (Å²) in [7, 11) is 0. The number of carbonyl (C=O) groups is 1. The van der Waals surface area contributed by atoms with Crippen molar-refractivity contribution in [2.45, 2.75) is 43.8 Å². The second kappa shape index (κ2) is 4.00. The fourth-order valence-corrected chi connectivity index (χ4v) is 2.19. The van der Waals surface area contributed by atoms with Gasteiger partial charge >= 0.3 is 6.18 Å². The lowest BCUT2D eigenvalue weighted by atomic mass is 9.86. The first kappa shape index (κ1) is 11.9. The predicted molar refractivity (Wildman–Crippen MR) is 47.6 cm³/mol. The lowest BCUT2D eigenvalue weighted by Gasteiger charge is -2.34. The third-order valence-electron chi connectivity index (χ3n) is 3.20. The fourth-order valence-electron chi connectivity index (χ4n) is 2.19. The number of aldehydes is 1. The van der Waals surface area contributed by atoms with Crippen molar-refractivity contribution in [2.75, 3.05) is 6.61 Å². The summed E-state index contributed by atoms with van der Waals surface area (Å²) in [5.41, 5.74) is 0. The van der Waals surface area contributed by atoms with E-state index in [0.717, 1.165) is 6.29 Å². The maximum Gasteiger partial charge on any atom is 0.417 e. The van der Waals surface area contributed by atoms with Crippen LogP contribution in [0.5, 0.6) is 0 Å². The van der Waals surface area contributed by atoms with Gasteiger partial charge in [0.25, 0.3) is 0 Å². The molecule has 6 heteroatoms. The average molecular weight is 238 g/mol. The van der Waals surface area contributed by atoms with E-state index in [9.17, 15) is 18.0 Å². The van der Waals surface area contributed by atoms with Crippen molar-refractivity contribution in [3.8, 4) is 0 Å². The quantitative estimate of drug-likeness (QED) is 0.656. The van der Waals surface area contributed by atoms with E-state index in [2.05, 4.69) is 0 Å². The zero-order valence-electron chi connectivity index (χ0n) is 8.63. The highest BCUT2D eigenvalue weighted by Crippen LogP contribution is 2.42. The van der Waals surface area contributed by atoms with Crippen LogP contribution in [-0.2, 0) is 14.3 Å². The van der Waals surface area contributed by atoms with Crippen LogP contribution in [-0.4, -0.2) is 31.0 Å². The number of ether oxygens (including phenoxy) is 2. The van der Waals surface area contributed by atoms with Crippen molar-refractivity contribution >= 4 is 6.29 Å². The molecule has 1 saturated heterocycles. The van der Waals surface area contributed by atoms with Gasteiger partial charge in [0.15, 0.2) is 11.9 Å². The molecule has 1 heterocycles. The van der Waals surface area contributed by atoms with Crippen LogP contribution < -0.4 is 0 Å². The third-order valence-corrected chi connectivity index (χ3v) is 3.20. The maximum absolute atomic E-state index is 12.4. The Bertz CT molecular complexity index is 269. The molecule has 0 aromatic carbocycles. The van der Waals surface area contributed by atoms with Gasteiger partial charge in [-0.1, -0.05) is 0 Å². The first-order valence-electron chi connectivity index (χ1n) is 5.29. The average Bonchev–Trinajstić information content (AvgIpc) is 2.63. The van der Waals surface area contributed by atoms with Crippen molar-refractivity contribution in [3.05, 3.63) is 0 Å². The number of rotatable bonds is 1. The largest absolute Gasteiger partial charge is 0.417 e. The number of carbonyl (C=O) groups excluding carboxylic acids is 1. The van der Waals surface area contributed by atoms with Crippen molar-refractivity contribution in [2.24, 2.45) is 5.92 Å². The third kappa shape index (κ3) is 2.22. The zero-order chi connectivity index (χ0) is 11.8. The minimum Gasteiger partial charge on any atom is -0.347 e. The van der Waals surface area contributed by atoms with Gasteiger partial charge in [-0.3, -0.25) is 0 Å². The summed E-state index contributed by atoms with van der Waals surface area (Å²) in [6.45, 7) is -0.435. The molecular formula is C10H13F3O3. The van der Waals surface area contributed by atoms with Crippen molar-refractivity contribution in [1.82, 2.24) is 0 Å². The van der Waals surface area contributed by atoms with Crippen LogP contribution in [0.4, 0.5) is 13.2 Å². The predicted octanol–water partition coefficient (Wildman–Crippen LogP) is 2.05. The van der Waals surface area contributed by atoms with E-state index in [0.29, 0.717) is 25.7 Å². The van der Waals surface area contributed by atoms with Gasteiger partial charge in [-0.25, -0.2) is 0 Å². The van der Waals surface area contributed by atoms with Gasteiger partial charge in [0.2, 0.25) is 0 Å². The number of hydrogen-bond donors (Lipinski definition) is 0. The second-order valence-electron chi connectivity index (χ2n) is 4.34. The lowest BCUT2D eigenvalue weighted by molar-refractivity contribution is -0.251. The van der Waals surface area contributed by atoms with Gasteiger partial charge in [0, 0.05) is 18.8 Å². The highest BCUT2D eigenvalue weighted by Gasteiger charge is 2.53. The molecule has 1 aliphatic heterocycles. The van der Waals surface area contributed by atoms with Crippen molar-refractivity contribution in [3.63, 3.8) is 0 Å². The standard InChI is InChI=1S/C10H13F3O3/c11-10(12,13)8-6-15-9(16-8)3-1-7(5-14)2-4-9/h5,7-8H,1-4,6H2. The highest BCUT2D eigenvalue weighted by atomic mass is 19.4. The number of halogens is 3. The summed E-state index contributed by atoms with van der Waals surface area (Å²) in [4.78, 5) is 10.5. The molecule has 16 heavy (non-hydrogen) atoms. The Labute approximate surface area is 90.9 Å². The number of hydrogen-bond acceptors (Lipinski definition) is 3. The van der Waals surface area contributed by atoms with E-state index in [-0.39, 0.29) is 5.92 Å². The molecule has 2 aliphatic rings. The maximum atomic E-state index is 12.4. The van der Waals surface area contributed by atoms with Crippen LogP contribution in [0.3, 0.4) is 0 Å². The Hall–Kier alpha value is -0.620. The summed E-state index contributed by atoms with van der Waals surface area (Å²) in [5.74, 6) is -1.16. The Morgan fingerprint density at radius 3 is 2.31 bits per heavy atom. The molecule has 1 aliphatic carbocycles. The van der Waals surface area contributed by atoms with Gasteiger partial charge in [-0.2, -0.15) is 13.2 Å². The van der Waals surface area contributed by atoms with E-state index in [1.54, 1.807) is 0 Å². The van der Waals surface area contributed by atoms with Crippen molar-refractivity contribution in [1.29, 1.82) is 0 Å². The molecule has 3 nitrogen and oxygen atoms in total. The Balaban J connectivity index is 1.95. The van der Waals surface area contributed by atoms with E-state index in [4.69, 9.17) is 9.47 Å². The lowest BCUT2D eigenvalue weighted by Crippen LogP contribution is -2.38. The molecule has 1 atom stereocenters. The highest BCUT2D eigenvalue weighted by molar-refractivity contribution is 5.53. The summed E-state index contributed by atoms with van der Waals surface area (Å²) in [5, 5.41) is 0. The fraction of sp³-hybridized carbons (Fsp3) is 0.900. The molecule has 2 rings (SSSR count). The number of alkyl halides is 3. The molecule has 0 N–H and O–H groups in total. The van der Waals surface area contributed by atoms with Gasteiger partial charge in [-0.05, 0) is 12.8 Å². The SMILES string of the molecule is O=CC1CCC2(CC1)OCC(C(F)(F)F)O2. The minimum atomic E-state index is -4.37. The Morgan fingerprint density at radius 1 is 1.25 bits per heavy atom. The van der Waals surface area contributed by atoms with Gasteiger partial charge in [-0.15, -0.1) is 0 Å². The van der Waals surface area contributed by atoms with Crippen molar-refractivity contribution < 1.29 is 27.4 Å². The second-order valence-corrected chi connectivity index (χ2v) is 4.34. The molecule has 1 saturated carbocycles. The molecule has 92 valence electrons. The van der Waals surface area contributed by atoms with E-state index in [1.165, 1.54) is 0 Å². The topological polar surface area (TPSA) is 35.5 Å². The van der Waals surface area contributed by atoms with E-state index < -0.39 is 24.7 Å². The van der Waals surface area contributed by atoms with Gasteiger partial charge in [0.05, 0.1) is 6.61 Å².